The highest BCUT2D eigenvalue weighted by atomic mass is 127. The number of hydrogen-bond acceptors (Lipinski definition) is 6. The molecule has 1 aromatic heterocycles. The molecule has 0 aliphatic carbocycles. The summed E-state index contributed by atoms with van der Waals surface area (Å²) in [6.45, 7) is 7.40. The number of aliphatic hydroxyl groups is 1. The molecule has 29 heavy (non-hydrogen) atoms. The van der Waals surface area contributed by atoms with Crippen LogP contribution in [0.1, 0.15) is 49.8 Å². The van der Waals surface area contributed by atoms with Gasteiger partial charge in [-0.05, 0) is 31.0 Å². The number of nitrogens with zero attached hydrogens (tertiary/aromatic N) is 2. The molecule has 0 aliphatic rings. The minimum absolute atomic E-state index is 0. The molecule has 0 radical (unpaired) electrons. The zero-order valence-corrected chi connectivity index (χ0v) is 19.9. The van der Waals surface area contributed by atoms with Gasteiger partial charge in [-0.15, -0.1) is 24.0 Å². The third kappa shape index (κ3) is 7.39. The minimum atomic E-state index is -0.799. The standard InChI is InChI=1S/C20H30N4O4.HI/c1-6-21-20(22-11-15-10-17(13(2)3)24-28-15)23-12-18(25)16-9-14(26-4)7-8-19(16)27-5;/h7-10,13,18,25H,6,11-12H2,1-5H3,(H2,21,22,23);1H. The highest BCUT2D eigenvalue weighted by Gasteiger charge is 2.15. The lowest BCUT2D eigenvalue weighted by molar-refractivity contribution is 0.176. The summed E-state index contributed by atoms with van der Waals surface area (Å²) in [7, 11) is 3.15. The zero-order valence-electron chi connectivity index (χ0n) is 17.6. The van der Waals surface area contributed by atoms with E-state index in [0.29, 0.717) is 47.8 Å². The maximum Gasteiger partial charge on any atom is 0.191 e. The van der Waals surface area contributed by atoms with Gasteiger partial charge in [0, 0.05) is 24.7 Å². The molecule has 2 rings (SSSR count). The van der Waals surface area contributed by atoms with Gasteiger partial charge in [0.25, 0.3) is 0 Å². The molecule has 0 bridgehead atoms. The van der Waals surface area contributed by atoms with E-state index in [4.69, 9.17) is 14.0 Å². The van der Waals surface area contributed by atoms with Crippen molar-refractivity contribution in [1.82, 2.24) is 15.8 Å². The fourth-order valence-electron chi connectivity index (χ4n) is 2.58. The van der Waals surface area contributed by atoms with Gasteiger partial charge in [-0.1, -0.05) is 19.0 Å². The predicted octanol–water partition coefficient (Wildman–Crippen LogP) is 3.22. The van der Waals surface area contributed by atoms with Gasteiger partial charge < -0.3 is 29.7 Å². The van der Waals surface area contributed by atoms with Crippen molar-refractivity contribution in [2.75, 3.05) is 27.3 Å². The first kappa shape index (κ1) is 25.0. The summed E-state index contributed by atoms with van der Waals surface area (Å²) in [6.07, 6.45) is -0.799. The van der Waals surface area contributed by atoms with Gasteiger partial charge in [-0.3, -0.25) is 0 Å². The van der Waals surface area contributed by atoms with Gasteiger partial charge in [0.1, 0.15) is 18.0 Å². The Morgan fingerprint density at radius 2 is 1.97 bits per heavy atom. The maximum atomic E-state index is 10.6. The first-order valence-corrected chi connectivity index (χ1v) is 9.36. The molecule has 0 amide bonds. The van der Waals surface area contributed by atoms with Crippen LogP contribution in [0.5, 0.6) is 11.5 Å². The van der Waals surface area contributed by atoms with Crippen LogP contribution in [0.15, 0.2) is 33.8 Å². The van der Waals surface area contributed by atoms with E-state index in [1.54, 1.807) is 32.4 Å². The van der Waals surface area contributed by atoms with Crippen LogP contribution in [0, 0.1) is 0 Å². The number of halogens is 1. The predicted molar refractivity (Wildman–Crippen MR) is 123 cm³/mol. The first-order valence-electron chi connectivity index (χ1n) is 9.36. The quantitative estimate of drug-likeness (QED) is 0.266. The van der Waals surface area contributed by atoms with E-state index in [-0.39, 0.29) is 30.5 Å². The van der Waals surface area contributed by atoms with Crippen LogP contribution in [0.2, 0.25) is 0 Å². The topological polar surface area (TPSA) is 101 Å². The maximum absolute atomic E-state index is 10.6. The van der Waals surface area contributed by atoms with Gasteiger partial charge in [0.05, 0.1) is 26.0 Å². The largest absolute Gasteiger partial charge is 0.497 e. The number of aromatic nitrogens is 1. The van der Waals surface area contributed by atoms with Crippen LogP contribution in [-0.4, -0.2) is 43.5 Å². The Morgan fingerprint density at radius 1 is 1.21 bits per heavy atom. The Bertz CT molecular complexity index is 780. The average Bonchev–Trinajstić information content (AvgIpc) is 3.18. The molecule has 8 nitrogen and oxygen atoms in total. The highest BCUT2D eigenvalue weighted by Crippen LogP contribution is 2.29. The SMILES string of the molecule is CCNC(=NCc1cc(C(C)C)no1)NCC(O)c1cc(OC)ccc1OC.I. The van der Waals surface area contributed by atoms with Gasteiger partial charge in [-0.2, -0.15) is 0 Å². The Hall–Kier alpha value is -2.01. The van der Waals surface area contributed by atoms with Gasteiger partial charge in [0.15, 0.2) is 11.7 Å². The van der Waals surface area contributed by atoms with Crippen molar-refractivity contribution in [1.29, 1.82) is 0 Å². The smallest absolute Gasteiger partial charge is 0.191 e. The van der Waals surface area contributed by atoms with Crippen molar-refractivity contribution in [3.8, 4) is 11.5 Å². The lowest BCUT2D eigenvalue weighted by Gasteiger charge is -2.18. The number of methoxy groups -OCH3 is 2. The Kier molecular flexibility index (Phi) is 10.8. The molecule has 0 saturated carbocycles. The second-order valence-corrected chi connectivity index (χ2v) is 6.57. The van der Waals surface area contributed by atoms with E-state index in [9.17, 15) is 5.11 Å². The van der Waals surface area contributed by atoms with Crippen molar-refractivity contribution in [3.63, 3.8) is 0 Å². The average molecular weight is 518 g/mol. The number of benzene rings is 1. The van der Waals surface area contributed by atoms with Crippen molar-refractivity contribution < 1.29 is 19.1 Å². The van der Waals surface area contributed by atoms with E-state index in [1.165, 1.54) is 0 Å². The number of guanidine groups is 1. The fraction of sp³-hybridized carbons (Fsp3) is 0.500. The van der Waals surface area contributed by atoms with Gasteiger partial charge in [-0.25, -0.2) is 4.99 Å². The van der Waals surface area contributed by atoms with E-state index in [1.807, 2.05) is 13.0 Å². The molecule has 162 valence electrons. The summed E-state index contributed by atoms with van der Waals surface area (Å²) in [5.41, 5.74) is 1.55. The second-order valence-electron chi connectivity index (χ2n) is 6.57. The summed E-state index contributed by atoms with van der Waals surface area (Å²) < 4.78 is 15.9. The van der Waals surface area contributed by atoms with Crippen LogP contribution in [0.3, 0.4) is 0 Å². The number of aliphatic hydroxyl groups excluding tert-OH is 1. The summed E-state index contributed by atoms with van der Waals surface area (Å²) in [6, 6.07) is 7.23. The van der Waals surface area contributed by atoms with E-state index >= 15 is 0 Å². The van der Waals surface area contributed by atoms with Crippen LogP contribution in [0.25, 0.3) is 0 Å². The Morgan fingerprint density at radius 3 is 2.55 bits per heavy atom. The van der Waals surface area contributed by atoms with Gasteiger partial charge in [0.2, 0.25) is 0 Å². The lowest BCUT2D eigenvalue weighted by Crippen LogP contribution is -2.39. The normalized spacial score (nSPS) is 12.3. The van der Waals surface area contributed by atoms with E-state index in [2.05, 4.69) is 34.6 Å². The summed E-state index contributed by atoms with van der Waals surface area (Å²) in [5, 5.41) is 20.9. The molecule has 0 saturated heterocycles. The summed E-state index contributed by atoms with van der Waals surface area (Å²) >= 11 is 0. The van der Waals surface area contributed by atoms with Crippen molar-refractivity contribution in [2.45, 2.75) is 39.3 Å². The van der Waals surface area contributed by atoms with E-state index in [0.717, 1.165) is 5.69 Å². The number of hydrogen-bond donors (Lipinski definition) is 3. The Balaban J connectivity index is 0.00000420. The Labute approximate surface area is 189 Å². The molecule has 1 heterocycles. The molecule has 1 aromatic carbocycles. The van der Waals surface area contributed by atoms with Crippen molar-refractivity contribution >= 4 is 29.9 Å². The summed E-state index contributed by atoms with van der Waals surface area (Å²) in [5.74, 6) is 2.82. The molecular formula is C20H31IN4O4. The van der Waals surface area contributed by atoms with Crippen molar-refractivity contribution in [2.24, 2.45) is 4.99 Å². The molecule has 1 unspecified atom stereocenters. The van der Waals surface area contributed by atoms with Crippen LogP contribution in [0.4, 0.5) is 0 Å². The van der Waals surface area contributed by atoms with Crippen molar-refractivity contribution in [3.05, 3.63) is 41.3 Å². The second kappa shape index (κ2) is 12.5. The third-order valence-corrected chi connectivity index (χ3v) is 4.16. The molecule has 0 fully saturated rings. The zero-order chi connectivity index (χ0) is 20.5. The number of ether oxygens (including phenoxy) is 2. The summed E-state index contributed by atoms with van der Waals surface area (Å²) in [4.78, 5) is 4.49. The monoisotopic (exact) mass is 518 g/mol. The molecule has 2 aromatic rings. The number of nitrogens with one attached hydrogen (secondary N) is 2. The number of rotatable bonds is 9. The third-order valence-electron chi connectivity index (χ3n) is 4.16. The minimum Gasteiger partial charge on any atom is -0.497 e. The molecular weight excluding hydrogens is 487 g/mol. The van der Waals surface area contributed by atoms with E-state index < -0.39 is 6.10 Å². The van der Waals surface area contributed by atoms with Crippen LogP contribution >= 0.6 is 24.0 Å². The van der Waals surface area contributed by atoms with Crippen LogP contribution < -0.4 is 20.1 Å². The fourth-order valence-corrected chi connectivity index (χ4v) is 2.58. The lowest BCUT2D eigenvalue weighted by atomic mass is 10.1. The van der Waals surface area contributed by atoms with Gasteiger partial charge >= 0.3 is 0 Å². The molecule has 0 spiro atoms. The number of aliphatic imine (C=N–C) groups is 1. The van der Waals surface area contributed by atoms with Crippen LogP contribution in [-0.2, 0) is 6.54 Å². The highest BCUT2D eigenvalue weighted by molar-refractivity contribution is 14.0. The first-order chi connectivity index (χ1) is 13.5. The molecule has 3 N–H and O–H groups in total. The molecule has 0 aliphatic heterocycles. The molecule has 9 heteroatoms. The molecule has 1 atom stereocenters.